The maximum atomic E-state index is 13.2. The van der Waals surface area contributed by atoms with Gasteiger partial charge < -0.3 is 5.32 Å². The summed E-state index contributed by atoms with van der Waals surface area (Å²) in [6.45, 7) is -0.858. The SMILES string of the molecule is CS(=O)(=O)N(CC(=O)Nc1cccc(C#N)c1)c1ccccc1C(F)(F)F. The molecule has 0 aromatic heterocycles. The van der Waals surface area contributed by atoms with Crippen LogP contribution in [0.3, 0.4) is 0 Å². The molecule has 142 valence electrons. The molecule has 0 saturated carbocycles. The predicted octanol–water partition coefficient (Wildman–Crippen LogP) is 2.98. The Hall–Kier alpha value is -3.06. The summed E-state index contributed by atoms with van der Waals surface area (Å²) in [5, 5.41) is 11.2. The number of halogens is 3. The summed E-state index contributed by atoms with van der Waals surface area (Å²) in [7, 11) is -4.18. The molecule has 1 amide bonds. The van der Waals surface area contributed by atoms with Crippen molar-refractivity contribution in [2.75, 3.05) is 22.4 Å². The number of rotatable bonds is 5. The van der Waals surface area contributed by atoms with E-state index in [4.69, 9.17) is 5.26 Å². The van der Waals surface area contributed by atoms with E-state index in [0.29, 0.717) is 10.6 Å². The highest BCUT2D eigenvalue weighted by Crippen LogP contribution is 2.37. The van der Waals surface area contributed by atoms with Gasteiger partial charge in [-0.05, 0) is 30.3 Å². The monoisotopic (exact) mass is 397 g/mol. The molecular weight excluding hydrogens is 383 g/mol. The number of carbonyl (C=O) groups is 1. The van der Waals surface area contributed by atoms with Crippen molar-refractivity contribution in [1.29, 1.82) is 5.26 Å². The molecule has 0 aliphatic heterocycles. The van der Waals surface area contributed by atoms with E-state index in [0.717, 1.165) is 18.2 Å². The molecular formula is C17H14F3N3O3S. The molecule has 2 aromatic rings. The number of anilines is 2. The van der Waals surface area contributed by atoms with Gasteiger partial charge in [0.1, 0.15) is 6.54 Å². The molecule has 0 aliphatic carbocycles. The number of nitriles is 1. The molecule has 0 bridgehead atoms. The fraction of sp³-hybridized carbons (Fsp3) is 0.176. The maximum absolute atomic E-state index is 13.2. The van der Waals surface area contributed by atoms with Gasteiger partial charge in [0.2, 0.25) is 15.9 Å². The van der Waals surface area contributed by atoms with Crippen LogP contribution in [0.2, 0.25) is 0 Å². The van der Waals surface area contributed by atoms with Crippen molar-refractivity contribution in [2.45, 2.75) is 6.18 Å². The summed E-state index contributed by atoms with van der Waals surface area (Å²) in [6, 6.07) is 11.8. The zero-order chi connectivity index (χ0) is 20.2. The van der Waals surface area contributed by atoms with Gasteiger partial charge in [-0.3, -0.25) is 9.10 Å². The molecule has 0 atom stereocenters. The van der Waals surface area contributed by atoms with Crippen molar-refractivity contribution >= 4 is 27.3 Å². The molecule has 0 radical (unpaired) electrons. The van der Waals surface area contributed by atoms with Crippen LogP contribution in [-0.4, -0.2) is 27.1 Å². The fourth-order valence-electron chi connectivity index (χ4n) is 2.31. The normalized spacial score (nSPS) is 11.5. The van der Waals surface area contributed by atoms with E-state index in [1.54, 1.807) is 0 Å². The van der Waals surface area contributed by atoms with Crippen LogP contribution in [0.25, 0.3) is 0 Å². The van der Waals surface area contributed by atoms with Gasteiger partial charge in [-0.1, -0.05) is 18.2 Å². The molecule has 27 heavy (non-hydrogen) atoms. The number of hydrogen-bond donors (Lipinski definition) is 1. The molecule has 0 saturated heterocycles. The summed E-state index contributed by atoms with van der Waals surface area (Å²) >= 11 is 0. The largest absolute Gasteiger partial charge is 0.418 e. The third kappa shape index (κ3) is 5.21. The number of sulfonamides is 1. The van der Waals surface area contributed by atoms with E-state index in [9.17, 15) is 26.4 Å². The van der Waals surface area contributed by atoms with Gasteiger partial charge in [0.15, 0.2) is 0 Å². The van der Waals surface area contributed by atoms with Crippen LogP contribution in [0.5, 0.6) is 0 Å². The second kappa shape index (κ2) is 7.67. The fourth-order valence-corrected chi connectivity index (χ4v) is 3.18. The minimum absolute atomic E-state index is 0.219. The second-order valence-corrected chi connectivity index (χ2v) is 7.43. The van der Waals surface area contributed by atoms with Crippen LogP contribution in [0.4, 0.5) is 24.5 Å². The Bertz CT molecular complexity index is 998. The van der Waals surface area contributed by atoms with Crippen LogP contribution in [-0.2, 0) is 21.0 Å². The Morgan fingerprint density at radius 2 is 1.85 bits per heavy atom. The summed E-state index contributed by atoms with van der Waals surface area (Å²) in [4.78, 5) is 12.2. The van der Waals surface area contributed by atoms with E-state index in [2.05, 4.69) is 5.32 Å². The molecule has 0 spiro atoms. The van der Waals surface area contributed by atoms with Crippen LogP contribution >= 0.6 is 0 Å². The first-order chi connectivity index (χ1) is 12.5. The summed E-state index contributed by atoms with van der Waals surface area (Å²) in [5.41, 5.74) is -1.34. The highest BCUT2D eigenvalue weighted by Gasteiger charge is 2.36. The molecule has 0 unspecified atom stereocenters. The van der Waals surface area contributed by atoms with Gasteiger partial charge in [0.25, 0.3) is 0 Å². The Kier molecular flexibility index (Phi) is 5.75. The Morgan fingerprint density at radius 3 is 2.44 bits per heavy atom. The molecule has 0 fully saturated rings. The number of alkyl halides is 3. The number of nitrogens with zero attached hydrogens (tertiary/aromatic N) is 2. The Morgan fingerprint density at radius 1 is 1.19 bits per heavy atom. The first kappa shape index (κ1) is 20.3. The lowest BCUT2D eigenvalue weighted by molar-refractivity contribution is -0.137. The van der Waals surface area contributed by atoms with Crippen LogP contribution in [0.15, 0.2) is 48.5 Å². The zero-order valence-corrected chi connectivity index (χ0v) is 14.8. The van der Waals surface area contributed by atoms with Crippen LogP contribution in [0.1, 0.15) is 11.1 Å². The molecule has 1 N–H and O–H groups in total. The van der Waals surface area contributed by atoms with Crippen molar-refractivity contribution in [3.8, 4) is 6.07 Å². The highest BCUT2D eigenvalue weighted by molar-refractivity contribution is 7.92. The average molecular weight is 397 g/mol. The smallest absolute Gasteiger partial charge is 0.324 e. The number of benzene rings is 2. The first-order valence-corrected chi connectivity index (χ1v) is 9.31. The topological polar surface area (TPSA) is 90.3 Å². The number of para-hydroxylation sites is 1. The quantitative estimate of drug-likeness (QED) is 0.840. The molecule has 2 rings (SSSR count). The third-order valence-corrected chi connectivity index (χ3v) is 4.57. The lowest BCUT2D eigenvalue weighted by Gasteiger charge is -2.25. The maximum Gasteiger partial charge on any atom is 0.418 e. The van der Waals surface area contributed by atoms with Gasteiger partial charge in [-0.15, -0.1) is 0 Å². The summed E-state index contributed by atoms with van der Waals surface area (Å²) in [5.74, 6) is -0.854. The summed E-state index contributed by atoms with van der Waals surface area (Å²) < 4.78 is 64.1. The lowest BCUT2D eigenvalue weighted by Crippen LogP contribution is -2.38. The molecule has 0 heterocycles. The van der Waals surface area contributed by atoms with Crippen LogP contribution in [0, 0.1) is 11.3 Å². The van der Waals surface area contributed by atoms with Crippen LogP contribution < -0.4 is 9.62 Å². The number of hydrogen-bond acceptors (Lipinski definition) is 4. The van der Waals surface area contributed by atoms with Crippen molar-refractivity contribution in [3.05, 3.63) is 59.7 Å². The van der Waals surface area contributed by atoms with E-state index in [-0.39, 0.29) is 11.3 Å². The highest BCUT2D eigenvalue weighted by atomic mass is 32.2. The molecule has 2 aromatic carbocycles. The second-order valence-electron chi connectivity index (χ2n) is 5.53. The van der Waals surface area contributed by atoms with Gasteiger partial charge in [-0.25, -0.2) is 8.42 Å². The molecule has 0 aliphatic rings. The van der Waals surface area contributed by atoms with Gasteiger partial charge in [-0.2, -0.15) is 18.4 Å². The average Bonchev–Trinajstić information content (AvgIpc) is 2.58. The zero-order valence-electron chi connectivity index (χ0n) is 14.0. The standard InChI is InChI=1S/C17H14F3N3O3S/c1-27(25,26)23(15-8-3-2-7-14(15)17(18,19)20)11-16(24)22-13-6-4-5-12(9-13)10-21/h2-9H,11H2,1H3,(H,22,24). The third-order valence-electron chi connectivity index (χ3n) is 3.44. The van der Waals surface area contributed by atoms with Gasteiger partial charge in [0.05, 0.1) is 29.1 Å². The Balaban J connectivity index is 2.34. The minimum Gasteiger partial charge on any atom is -0.324 e. The van der Waals surface area contributed by atoms with Gasteiger partial charge >= 0.3 is 6.18 Å². The Labute approximate surface area is 153 Å². The summed E-state index contributed by atoms with van der Waals surface area (Å²) in [6.07, 6.45) is -4.08. The number of amides is 1. The predicted molar refractivity (Wildman–Crippen MR) is 93.4 cm³/mol. The van der Waals surface area contributed by atoms with Crippen molar-refractivity contribution in [3.63, 3.8) is 0 Å². The van der Waals surface area contributed by atoms with Gasteiger partial charge in [0, 0.05) is 5.69 Å². The van der Waals surface area contributed by atoms with E-state index in [1.165, 1.54) is 30.3 Å². The van der Waals surface area contributed by atoms with Crippen molar-refractivity contribution in [2.24, 2.45) is 0 Å². The van der Waals surface area contributed by atoms with E-state index >= 15 is 0 Å². The van der Waals surface area contributed by atoms with E-state index in [1.807, 2.05) is 6.07 Å². The lowest BCUT2D eigenvalue weighted by atomic mass is 10.1. The number of nitrogens with one attached hydrogen (secondary N) is 1. The number of carbonyl (C=O) groups excluding carboxylic acids is 1. The van der Waals surface area contributed by atoms with Crippen molar-refractivity contribution in [1.82, 2.24) is 0 Å². The molecule has 10 heteroatoms. The van der Waals surface area contributed by atoms with E-state index < -0.39 is 39.9 Å². The minimum atomic E-state index is -4.79. The van der Waals surface area contributed by atoms with Crippen molar-refractivity contribution < 1.29 is 26.4 Å². The molecule has 6 nitrogen and oxygen atoms in total. The first-order valence-electron chi connectivity index (χ1n) is 7.46.